The molecule has 0 aromatic rings. The van der Waals surface area contributed by atoms with Crippen LogP contribution in [0.5, 0.6) is 0 Å². The third-order valence-electron chi connectivity index (χ3n) is 13.1. The van der Waals surface area contributed by atoms with Gasteiger partial charge >= 0.3 is 17.9 Å². The Morgan fingerprint density at radius 2 is 0.542 bits per heavy atom. The fourth-order valence-electron chi connectivity index (χ4n) is 8.56. The van der Waals surface area contributed by atoms with Gasteiger partial charge in [-0.2, -0.15) is 0 Å². The summed E-state index contributed by atoms with van der Waals surface area (Å²) in [6, 6.07) is 0. The molecule has 72 heavy (non-hydrogen) atoms. The molecule has 0 rings (SSSR count). The van der Waals surface area contributed by atoms with E-state index in [1.807, 2.05) is 0 Å². The lowest BCUT2D eigenvalue weighted by molar-refractivity contribution is -0.167. The molecule has 0 aliphatic heterocycles. The van der Waals surface area contributed by atoms with Crippen LogP contribution >= 0.6 is 0 Å². The summed E-state index contributed by atoms with van der Waals surface area (Å²) in [5, 5.41) is 0. The first kappa shape index (κ1) is 68.6. The molecule has 0 aliphatic rings. The fourth-order valence-corrected chi connectivity index (χ4v) is 8.56. The van der Waals surface area contributed by atoms with Crippen LogP contribution in [0.15, 0.2) is 85.1 Å². The lowest BCUT2D eigenvalue weighted by Crippen LogP contribution is -2.30. The first-order valence-electron chi connectivity index (χ1n) is 30.6. The first-order valence-corrected chi connectivity index (χ1v) is 30.6. The van der Waals surface area contributed by atoms with E-state index in [9.17, 15) is 14.4 Å². The Hall–Kier alpha value is -3.41. The van der Waals surface area contributed by atoms with Crippen molar-refractivity contribution in [1.82, 2.24) is 0 Å². The Morgan fingerprint density at radius 3 is 0.889 bits per heavy atom. The SMILES string of the molecule is CC/C=C\C/C=C\C/C=C\C/C=C\C/C=C\CCCCCC(=O)OC[C@@H](COC(=O)CCCCCCCCCCCCCCCCCC)OC(=O)CCCCCCCCCCC/C=C\C/C=C\CCCCC. The van der Waals surface area contributed by atoms with Crippen molar-refractivity contribution in [3.8, 4) is 0 Å². The number of allylic oxidation sites excluding steroid dienone is 14. The molecule has 0 heterocycles. The van der Waals surface area contributed by atoms with Crippen molar-refractivity contribution >= 4 is 17.9 Å². The maximum Gasteiger partial charge on any atom is 0.306 e. The van der Waals surface area contributed by atoms with Crippen molar-refractivity contribution in [2.24, 2.45) is 0 Å². The lowest BCUT2D eigenvalue weighted by Gasteiger charge is -2.18. The van der Waals surface area contributed by atoms with Gasteiger partial charge in [0.15, 0.2) is 6.10 Å². The summed E-state index contributed by atoms with van der Waals surface area (Å²) in [5.41, 5.74) is 0. The van der Waals surface area contributed by atoms with E-state index < -0.39 is 6.10 Å². The summed E-state index contributed by atoms with van der Waals surface area (Å²) in [6.07, 6.45) is 78.6. The van der Waals surface area contributed by atoms with Gasteiger partial charge in [-0.15, -0.1) is 0 Å². The van der Waals surface area contributed by atoms with E-state index in [0.717, 1.165) is 103 Å². The summed E-state index contributed by atoms with van der Waals surface area (Å²) in [4.78, 5) is 38.3. The number of carbonyl (C=O) groups is 3. The van der Waals surface area contributed by atoms with Crippen LogP contribution in [0.2, 0.25) is 0 Å². The molecule has 0 amide bonds. The Kier molecular flexibility index (Phi) is 57.3. The maximum absolute atomic E-state index is 12.9. The molecule has 0 fully saturated rings. The van der Waals surface area contributed by atoms with Crippen LogP contribution in [0.3, 0.4) is 0 Å². The number of esters is 3. The number of carbonyl (C=O) groups excluding carboxylic acids is 3. The van der Waals surface area contributed by atoms with E-state index in [-0.39, 0.29) is 31.1 Å². The minimum atomic E-state index is -0.792. The molecular weight excluding hydrogens is 889 g/mol. The standard InChI is InChI=1S/C66H114O6/c1-4-7-10-13-16-19-22-25-28-31-33-35-38-41-44-47-50-53-56-59-65(68)71-62-63(61-70-64(67)58-55-52-49-46-43-40-37-30-27-24-21-18-15-12-9-6-3)72-66(69)60-57-54-51-48-45-42-39-36-34-32-29-26-23-20-17-14-11-8-5-2/h7,10,16-17,19-20,25-26,28-29,33,35,41,44,63H,4-6,8-9,11-15,18,21-24,27,30-32,34,36-40,42-43,45-62H2,1-3H3/b10-7-,19-16-,20-17-,28-25-,29-26-,35-33-,44-41-/t63-/m1/s1. The van der Waals surface area contributed by atoms with Crippen molar-refractivity contribution in [1.29, 1.82) is 0 Å². The molecule has 0 saturated carbocycles. The van der Waals surface area contributed by atoms with Gasteiger partial charge in [0.2, 0.25) is 0 Å². The van der Waals surface area contributed by atoms with Gasteiger partial charge in [-0.3, -0.25) is 14.4 Å². The minimum absolute atomic E-state index is 0.0865. The molecule has 6 heteroatoms. The van der Waals surface area contributed by atoms with E-state index in [2.05, 4.69) is 106 Å². The predicted molar refractivity (Wildman–Crippen MR) is 311 cm³/mol. The van der Waals surface area contributed by atoms with Gasteiger partial charge in [0.25, 0.3) is 0 Å². The normalized spacial score (nSPS) is 12.7. The van der Waals surface area contributed by atoms with Crippen molar-refractivity contribution in [2.75, 3.05) is 13.2 Å². The minimum Gasteiger partial charge on any atom is -0.462 e. The van der Waals surface area contributed by atoms with Gasteiger partial charge in [-0.25, -0.2) is 0 Å². The first-order chi connectivity index (χ1) is 35.5. The molecule has 414 valence electrons. The zero-order valence-electron chi connectivity index (χ0n) is 47.4. The molecule has 0 aromatic carbocycles. The largest absolute Gasteiger partial charge is 0.462 e. The van der Waals surface area contributed by atoms with Crippen LogP contribution in [0, 0.1) is 0 Å². The number of hydrogen-bond donors (Lipinski definition) is 0. The Bertz CT molecular complexity index is 1380. The molecule has 1 atom stereocenters. The highest BCUT2D eigenvalue weighted by Crippen LogP contribution is 2.16. The van der Waals surface area contributed by atoms with Crippen molar-refractivity contribution in [2.45, 2.75) is 303 Å². The van der Waals surface area contributed by atoms with Gasteiger partial charge in [0, 0.05) is 19.3 Å². The quantitative estimate of drug-likeness (QED) is 0.0261. The average Bonchev–Trinajstić information content (AvgIpc) is 3.38. The van der Waals surface area contributed by atoms with Crippen LogP contribution < -0.4 is 0 Å². The van der Waals surface area contributed by atoms with Gasteiger partial charge in [0.1, 0.15) is 13.2 Å². The summed E-state index contributed by atoms with van der Waals surface area (Å²) < 4.78 is 16.9. The Morgan fingerprint density at radius 1 is 0.292 bits per heavy atom. The smallest absolute Gasteiger partial charge is 0.306 e. The highest BCUT2D eigenvalue weighted by atomic mass is 16.6. The van der Waals surface area contributed by atoms with Crippen molar-refractivity contribution in [3.05, 3.63) is 85.1 Å². The zero-order valence-corrected chi connectivity index (χ0v) is 47.4. The summed E-state index contributed by atoms with van der Waals surface area (Å²) in [5.74, 6) is -0.913. The molecule has 0 N–H and O–H groups in total. The molecular formula is C66H114O6. The number of hydrogen-bond acceptors (Lipinski definition) is 6. The summed E-state index contributed by atoms with van der Waals surface area (Å²) in [6.45, 7) is 6.50. The molecule has 0 spiro atoms. The summed E-state index contributed by atoms with van der Waals surface area (Å²) in [7, 11) is 0. The topological polar surface area (TPSA) is 78.9 Å². The van der Waals surface area contributed by atoms with E-state index >= 15 is 0 Å². The molecule has 0 bridgehead atoms. The predicted octanol–water partition coefficient (Wildman–Crippen LogP) is 20.7. The van der Waals surface area contributed by atoms with Crippen LogP contribution in [0.4, 0.5) is 0 Å². The van der Waals surface area contributed by atoms with E-state index in [0.29, 0.717) is 19.3 Å². The molecule has 0 saturated heterocycles. The number of rotatable bonds is 55. The molecule has 0 unspecified atom stereocenters. The second-order valence-corrected chi connectivity index (χ2v) is 20.2. The van der Waals surface area contributed by atoms with Crippen LogP contribution in [0.1, 0.15) is 297 Å². The summed E-state index contributed by atoms with van der Waals surface area (Å²) >= 11 is 0. The van der Waals surface area contributed by atoms with Crippen LogP contribution in [0.25, 0.3) is 0 Å². The third kappa shape index (κ3) is 57.5. The highest BCUT2D eigenvalue weighted by Gasteiger charge is 2.19. The molecule has 6 nitrogen and oxygen atoms in total. The van der Waals surface area contributed by atoms with Crippen LogP contribution in [-0.4, -0.2) is 37.2 Å². The van der Waals surface area contributed by atoms with Crippen LogP contribution in [-0.2, 0) is 28.6 Å². The third-order valence-corrected chi connectivity index (χ3v) is 13.1. The van der Waals surface area contributed by atoms with Gasteiger partial charge in [-0.05, 0) is 96.3 Å². The van der Waals surface area contributed by atoms with Crippen molar-refractivity contribution in [3.63, 3.8) is 0 Å². The Labute approximate surface area is 445 Å². The molecule has 0 aliphatic carbocycles. The lowest BCUT2D eigenvalue weighted by atomic mass is 10.0. The second-order valence-electron chi connectivity index (χ2n) is 20.2. The molecule has 0 aromatic heterocycles. The monoisotopic (exact) mass is 1000 g/mol. The maximum atomic E-state index is 12.9. The second kappa shape index (κ2) is 60.1. The van der Waals surface area contributed by atoms with Gasteiger partial charge in [0.05, 0.1) is 0 Å². The average molecular weight is 1000 g/mol. The highest BCUT2D eigenvalue weighted by molar-refractivity contribution is 5.71. The fraction of sp³-hybridized carbons (Fsp3) is 0.742. The molecule has 0 radical (unpaired) electrons. The van der Waals surface area contributed by atoms with Crippen molar-refractivity contribution < 1.29 is 28.6 Å². The van der Waals surface area contributed by atoms with Gasteiger partial charge in [-0.1, -0.05) is 266 Å². The van der Waals surface area contributed by atoms with E-state index in [4.69, 9.17) is 14.2 Å². The Balaban J connectivity index is 4.43. The zero-order chi connectivity index (χ0) is 52.2. The van der Waals surface area contributed by atoms with Gasteiger partial charge < -0.3 is 14.2 Å². The number of ether oxygens (including phenoxy) is 3. The number of unbranched alkanes of at least 4 members (excludes halogenated alkanes) is 30. The van der Waals surface area contributed by atoms with E-state index in [1.54, 1.807) is 0 Å². The van der Waals surface area contributed by atoms with E-state index in [1.165, 1.54) is 154 Å².